The summed E-state index contributed by atoms with van der Waals surface area (Å²) in [6.07, 6.45) is 0.414. The first-order valence-corrected chi connectivity index (χ1v) is 6.66. The van der Waals surface area contributed by atoms with E-state index in [2.05, 4.69) is 5.32 Å². The quantitative estimate of drug-likeness (QED) is 0.727. The first-order chi connectivity index (χ1) is 9.39. The van der Waals surface area contributed by atoms with Crippen molar-refractivity contribution in [3.05, 3.63) is 35.9 Å². The molecule has 0 bridgehead atoms. The van der Waals surface area contributed by atoms with Gasteiger partial charge in [-0.15, -0.1) is 0 Å². The summed E-state index contributed by atoms with van der Waals surface area (Å²) in [5, 5.41) is 21.1. The predicted octanol–water partition coefficient (Wildman–Crippen LogP) is 1.13. The van der Waals surface area contributed by atoms with Gasteiger partial charge in [-0.05, 0) is 24.8 Å². The summed E-state index contributed by atoms with van der Waals surface area (Å²) in [5.74, 6) is -1.04. The molecule has 1 saturated carbocycles. The second kappa shape index (κ2) is 5.63. The van der Waals surface area contributed by atoms with Crippen LogP contribution in [0, 0.1) is 5.92 Å². The Bertz CT molecular complexity index is 498. The van der Waals surface area contributed by atoms with Gasteiger partial charge in [-0.3, -0.25) is 9.59 Å². The lowest BCUT2D eigenvalue weighted by Crippen LogP contribution is -2.42. The summed E-state index contributed by atoms with van der Waals surface area (Å²) >= 11 is 0. The number of aliphatic hydroxyl groups is 1. The van der Waals surface area contributed by atoms with Gasteiger partial charge in [0.05, 0.1) is 12.0 Å². The van der Waals surface area contributed by atoms with Gasteiger partial charge in [0.25, 0.3) is 0 Å². The number of hydrogen-bond acceptors (Lipinski definition) is 3. The average Bonchev–Trinajstić information content (AvgIpc) is 3.16. The molecular weight excluding hydrogens is 258 g/mol. The highest BCUT2D eigenvalue weighted by Crippen LogP contribution is 2.47. The molecule has 20 heavy (non-hydrogen) atoms. The molecule has 0 aromatic heterocycles. The molecule has 3 N–H and O–H groups in total. The molecule has 3 atom stereocenters. The molecule has 5 nitrogen and oxygen atoms in total. The zero-order chi connectivity index (χ0) is 14.8. The number of hydrogen-bond donors (Lipinski definition) is 3. The average molecular weight is 277 g/mol. The molecule has 0 aliphatic heterocycles. The van der Waals surface area contributed by atoms with Gasteiger partial charge in [-0.25, -0.2) is 0 Å². The summed E-state index contributed by atoms with van der Waals surface area (Å²) in [6, 6.07) is 9.82. The van der Waals surface area contributed by atoms with E-state index in [0.717, 1.165) is 12.0 Å². The third-order valence-corrected chi connectivity index (χ3v) is 3.53. The molecule has 0 saturated heterocycles. The van der Waals surface area contributed by atoms with Crippen LogP contribution in [0.2, 0.25) is 0 Å². The molecule has 3 unspecified atom stereocenters. The Morgan fingerprint density at radius 2 is 2.00 bits per heavy atom. The number of carbonyl (C=O) groups is 2. The van der Waals surface area contributed by atoms with Gasteiger partial charge >= 0.3 is 5.97 Å². The lowest BCUT2D eigenvalue weighted by Gasteiger charge is -2.21. The van der Waals surface area contributed by atoms with Gasteiger partial charge in [0.2, 0.25) is 5.91 Å². The van der Waals surface area contributed by atoms with Gasteiger partial charge in [0.1, 0.15) is 0 Å². The molecular formula is C15H19NO4. The van der Waals surface area contributed by atoms with Crippen LogP contribution in [0.3, 0.4) is 0 Å². The lowest BCUT2D eigenvalue weighted by molar-refractivity contribution is -0.142. The fraction of sp³-hybridized carbons (Fsp3) is 0.467. The largest absolute Gasteiger partial charge is 0.481 e. The maximum absolute atomic E-state index is 12.0. The number of nitrogens with one attached hydrogen (secondary N) is 1. The molecule has 1 amide bonds. The first kappa shape index (κ1) is 14.5. The van der Waals surface area contributed by atoms with Crippen LogP contribution in [0.15, 0.2) is 30.3 Å². The molecule has 0 spiro atoms. The third-order valence-electron chi connectivity index (χ3n) is 3.53. The number of rotatable bonds is 6. The van der Waals surface area contributed by atoms with Crippen molar-refractivity contribution in [2.75, 3.05) is 6.54 Å². The molecule has 1 aromatic carbocycles. The minimum Gasteiger partial charge on any atom is -0.481 e. The van der Waals surface area contributed by atoms with E-state index in [1.165, 1.54) is 6.92 Å². The number of benzene rings is 1. The van der Waals surface area contributed by atoms with Crippen molar-refractivity contribution in [1.29, 1.82) is 0 Å². The summed E-state index contributed by atoms with van der Waals surface area (Å²) in [4.78, 5) is 22.5. The van der Waals surface area contributed by atoms with E-state index >= 15 is 0 Å². The SMILES string of the molecule is CC(O)(CNC(=O)C1CC1c1ccccc1)CC(=O)O. The van der Waals surface area contributed by atoms with E-state index in [-0.39, 0.29) is 30.7 Å². The van der Waals surface area contributed by atoms with Gasteiger partial charge in [-0.2, -0.15) is 0 Å². The van der Waals surface area contributed by atoms with Crippen LogP contribution in [0.4, 0.5) is 0 Å². The molecule has 108 valence electrons. The van der Waals surface area contributed by atoms with Crippen LogP contribution in [-0.4, -0.2) is 34.2 Å². The zero-order valence-electron chi connectivity index (χ0n) is 11.4. The van der Waals surface area contributed by atoms with E-state index < -0.39 is 11.6 Å². The summed E-state index contributed by atoms with van der Waals surface area (Å²) < 4.78 is 0. The molecule has 0 heterocycles. The van der Waals surface area contributed by atoms with Crippen molar-refractivity contribution >= 4 is 11.9 Å². The van der Waals surface area contributed by atoms with Crippen LogP contribution < -0.4 is 5.32 Å². The monoisotopic (exact) mass is 277 g/mol. The number of aliphatic carboxylic acids is 1. The van der Waals surface area contributed by atoms with Gasteiger partial charge in [0.15, 0.2) is 0 Å². The van der Waals surface area contributed by atoms with Crippen molar-refractivity contribution in [1.82, 2.24) is 5.32 Å². The molecule has 1 aliphatic rings. The highest BCUT2D eigenvalue weighted by Gasteiger charge is 2.44. The summed E-state index contributed by atoms with van der Waals surface area (Å²) in [5.41, 5.74) is -0.275. The standard InChI is InChI=1S/C15H19NO4/c1-15(20,8-13(17)18)9-16-14(19)12-7-11(12)10-5-3-2-4-6-10/h2-6,11-12,20H,7-9H2,1H3,(H,16,19)(H,17,18). The van der Waals surface area contributed by atoms with Gasteiger partial charge < -0.3 is 15.5 Å². The summed E-state index contributed by atoms with van der Waals surface area (Å²) in [6.45, 7) is 1.36. The Balaban J connectivity index is 1.81. The number of carbonyl (C=O) groups excluding carboxylic acids is 1. The third kappa shape index (κ3) is 3.81. The molecule has 0 radical (unpaired) electrons. The van der Waals surface area contributed by atoms with Crippen molar-refractivity contribution in [2.24, 2.45) is 5.92 Å². The topological polar surface area (TPSA) is 86.6 Å². The molecule has 1 aliphatic carbocycles. The second-order valence-electron chi connectivity index (χ2n) is 5.64. The number of carboxylic acids is 1. The fourth-order valence-electron chi connectivity index (χ4n) is 2.35. The van der Waals surface area contributed by atoms with E-state index in [9.17, 15) is 14.7 Å². The van der Waals surface area contributed by atoms with Crippen LogP contribution in [-0.2, 0) is 9.59 Å². The number of amides is 1. The Morgan fingerprint density at radius 1 is 1.35 bits per heavy atom. The van der Waals surface area contributed by atoms with E-state index in [0.29, 0.717) is 0 Å². The van der Waals surface area contributed by atoms with Crippen LogP contribution in [0.1, 0.15) is 31.2 Å². The predicted molar refractivity (Wildman–Crippen MR) is 73.2 cm³/mol. The van der Waals surface area contributed by atoms with E-state index in [1.54, 1.807) is 0 Å². The minimum absolute atomic E-state index is 0.0455. The Labute approximate surface area is 117 Å². The number of carboxylic acid groups (broad SMARTS) is 1. The Morgan fingerprint density at radius 3 is 2.60 bits per heavy atom. The maximum atomic E-state index is 12.0. The summed E-state index contributed by atoms with van der Waals surface area (Å²) in [7, 11) is 0. The molecule has 1 aromatic rings. The minimum atomic E-state index is -1.42. The zero-order valence-corrected chi connectivity index (χ0v) is 11.4. The highest BCUT2D eigenvalue weighted by molar-refractivity contribution is 5.83. The molecule has 2 rings (SSSR count). The van der Waals surface area contributed by atoms with E-state index in [4.69, 9.17) is 5.11 Å². The fourth-order valence-corrected chi connectivity index (χ4v) is 2.35. The normalized spacial score (nSPS) is 23.7. The second-order valence-corrected chi connectivity index (χ2v) is 5.64. The Hall–Kier alpha value is -1.88. The maximum Gasteiger partial charge on any atom is 0.306 e. The van der Waals surface area contributed by atoms with Crippen molar-refractivity contribution < 1.29 is 19.8 Å². The lowest BCUT2D eigenvalue weighted by atomic mass is 10.0. The molecule has 5 heteroatoms. The molecule has 1 fully saturated rings. The smallest absolute Gasteiger partial charge is 0.306 e. The van der Waals surface area contributed by atoms with Crippen molar-refractivity contribution in [3.8, 4) is 0 Å². The van der Waals surface area contributed by atoms with Crippen molar-refractivity contribution in [3.63, 3.8) is 0 Å². The van der Waals surface area contributed by atoms with Gasteiger partial charge in [0, 0.05) is 12.5 Å². The first-order valence-electron chi connectivity index (χ1n) is 6.66. The van der Waals surface area contributed by atoms with Gasteiger partial charge in [-0.1, -0.05) is 30.3 Å². The van der Waals surface area contributed by atoms with E-state index in [1.807, 2.05) is 30.3 Å². The van der Waals surface area contributed by atoms with Crippen molar-refractivity contribution in [2.45, 2.75) is 31.3 Å². The van der Waals surface area contributed by atoms with Crippen LogP contribution in [0.25, 0.3) is 0 Å². The highest BCUT2D eigenvalue weighted by atomic mass is 16.4. The van der Waals surface area contributed by atoms with Crippen LogP contribution in [0.5, 0.6) is 0 Å². The Kier molecular flexibility index (Phi) is 4.09. The van der Waals surface area contributed by atoms with Crippen LogP contribution >= 0.6 is 0 Å².